The van der Waals surface area contributed by atoms with Crippen molar-refractivity contribution in [2.75, 3.05) is 31.3 Å². The maximum Gasteiger partial charge on any atom is 0.253 e. The molecule has 4 rings (SSSR count). The fourth-order valence-corrected chi connectivity index (χ4v) is 4.39. The molecule has 1 aliphatic heterocycles. The predicted octanol–water partition coefficient (Wildman–Crippen LogP) is 2.18. The Morgan fingerprint density at radius 2 is 2.09 bits per heavy atom. The van der Waals surface area contributed by atoms with E-state index >= 15 is 0 Å². The van der Waals surface area contributed by atoms with Crippen molar-refractivity contribution in [3.8, 4) is 23.1 Å². The number of carbonyl (C=O) groups is 2. The first-order chi connectivity index (χ1) is 16.1. The molecule has 34 heavy (non-hydrogen) atoms. The van der Waals surface area contributed by atoms with Crippen LogP contribution in [0.3, 0.4) is 0 Å². The van der Waals surface area contributed by atoms with Crippen molar-refractivity contribution in [3.63, 3.8) is 0 Å². The number of ether oxygens (including phenoxy) is 1. The Hall–Kier alpha value is -3.46. The normalized spacial score (nSPS) is 14.4. The molecule has 0 spiro atoms. The number of anilines is 1. The molecule has 2 N–H and O–H groups in total. The van der Waals surface area contributed by atoms with Gasteiger partial charge in [-0.3, -0.25) is 13.6 Å². The number of amides is 2. The Kier molecular flexibility index (Phi) is 6.56. The summed E-state index contributed by atoms with van der Waals surface area (Å²) >= 11 is 1.27. The Bertz CT molecular complexity index is 1410. The van der Waals surface area contributed by atoms with Crippen LogP contribution >= 0.6 is 11.3 Å². The minimum Gasteiger partial charge on any atom is -0.378 e. The van der Waals surface area contributed by atoms with Crippen molar-refractivity contribution in [3.05, 3.63) is 59.2 Å². The zero-order valence-corrected chi connectivity index (χ0v) is 20.1. The van der Waals surface area contributed by atoms with Gasteiger partial charge in [0.25, 0.3) is 5.91 Å². The summed E-state index contributed by atoms with van der Waals surface area (Å²) in [5, 5.41) is 7.34. The van der Waals surface area contributed by atoms with Gasteiger partial charge in [-0.15, -0.1) is 11.3 Å². The summed E-state index contributed by atoms with van der Waals surface area (Å²) in [6.07, 6.45) is 3.48. The van der Waals surface area contributed by atoms with Crippen molar-refractivity contribution in [2.24, 2.45) is 5.41 Å². The van der Waals surface area contributed by atoms with Crippen LogP contribution in [0.2, 0.25) is 0 Å². The van der Waals surface area contributed by atoms with Crippen LogP contribution in [0.15, 0.2) is 48.1 Å². The number of aromatic nitrogens is 2. The summed E-state index contributed by atoms with van der Waals surface area (Å²) in [5.74, 6) is 5.43. The van der Waals surface area contributed by atoms with E-state index < -0.39 is 21.8 Å². The Morgan fingerprint density at radius 1 is 1.29 bits per heavy atom. The summed E-state index contributed by atoms with van der Waals surface area (Å²) in [6, 6.07) is 9.06. The highest BCUT2D eigenvalue weighted by Gasteiger charge is 2.31. The molecule has 0 atom stereocenters. The van der Waals surface area contributed by atoms with Gasteiger partial charge in [-0.2, -0.15) is 0 Å². The van der Waals surface area contributed by atoms with Crippen LogP contribution in [0.25, 0.3) is 11.3 Å². The second-order valence-electron chi connectivity index (χ2n) is 8.15. The first-order valence-corrected chi connectivity index (χ1v) is 13.0. The second kappa shape index (κ2) is 9.42. The second-order valence-corrected chi connectivity index (χ2v) is 10.9. The fraction of sp³-hybridized carbons (Fsp3) is 0.261. The molecule has 3 heterocycles. The van der Waals surface area contributed by atoms with Crippen molar-refractivity contribution in [2.45, 2.75) is 6.92 Å². The van der Waals surface area contributed by atoms with Gasteiger partial charge in [-0.05, 0) is 25.1 Å². The van der Waals surface area contributed by atoms with E-state index in [1.165, 1.54) is 29.8 Å². The molecule has 2 aromatic heterocycles. The quantitative estimate of drug-likeness (QED) is 0.503. The molecule has 0 bridgehead atoms. The van der Waals surface area contributed by atoms with Crippen LogP contribution in [0, 0.1) is 17.3 Å². The number of nitrogens with zero attached hydrogens (tertiary/aromatic N) is 2. The molecule has 3 aromatic rings. The first-order valence-electron chi connectivity index (χ1n) is 10.2. The number of benzene rings is 1. The molecule has 11 heteroatoms. The highest BCUT2D eigenvalue weighted by molar-refractivity contribution is 7.89. The van der Waals surface area contributed by atoms with Crippen LogP contribution in [0.5, 0.6) is 0 Å². The smallest absolute Gasteiger partial charge is 0.253 e. The van der Waals surface area contributed by atoms with Gasteiger partial charge in [0.2, 0.25) is 15.9 Å². The van der Waals surface area contributed by atoms with E-state index in [9.17, 15) is 18.0 Å². The molecule has 0 unspecified atom stereocenters. The minimum atomic E-state index is -3.48. The average molecular weight is 499 g/mol. The van der Waals surface area contributed by atoms with E-state index in [0.29, 0.717) is 24.0 Å². The average Bonchev–Trinajstić information content (AvgIpc) is 3.45. The molecular weight excluding hydrogens is 476 g/mol. The van der Waals surface area contributed by atoms with E-state index in [-0.39, 0.29) is 17.5 Å². The summed E-state index contributed by atoms with van der Waals surface area (Å²) in [4.78, 5) is 28.9. The molecule has 1 aromatic carbocycles. The van der Waals surface area contributed by atoms with Crippen LogP contribution < -0.4 is 10.6 Å². The molecule has 2 amide bonds. The lowest BCUT2D eigenvalue weighted by atomic mass is 9.89. The van der Waals surface area contributed by atoms with Gasteiger partial charge < -0.3 is 15.4 Å². The van der Waals surface area contributed by atoms with E-state index in [1.807, 2.05) is 29.6 Å². The monoisotopic (exact) mass is 498 g/mol. The number of nitrogens with one attached hydrogen (secondary N) is 2. The third-order valence-electron chi connectivity index (χ3n) is 4.98. The summed E-state index contributed by atoms with van der Waals surface area (Å²) in [6.45, 7) is 3.06. The lowest BCUT2D eigenvalue weighted by Crippen LogP contribution is -2.38. The van der Waals surface area contributed by atoms with Crippen molar-refractivity contribution >= 4 is 38.3 Å². The lowest BCUT2D eigenvalue weighted by Gasteiger charge is -2.32. The van der Waals surface area contributed by atoms with Gasteiger partial charge >= 0.3 is 0 Å². The third kappa shape index (κ3) is 5.72. The topological polar surface area (TPSA) is 119 Å². The van der Waals surface area contributed by atoms with Crippen LogP contribution in [-0.2, 0) is 19.6 Å². The number of hydrogen-bond donors (Lipinski definition) is 2. The standard InChI is InChI=1S/C23H22N4O5S2/c1-23(14-32-15-23)8-6-16-4-3-5-17(10-16)19-13-33-22(25-19)26-20(28)11-24-21(29)18-7-9-27(12-18)34(2,30)31/h3-5,7,9-10,12-13H,11,14-15H2,1-2H3,(H,24,29)(H,25,26,28). The van der Waals surface area contributed by atoms with Crippen molar-refractivity contribution in [1.82, 2.24) is 14.3 Å². The van der Waals surface area contributed by atoms with Crippen LogP contribution in [-0.4, -0.2) is 55.2 Å². The highest BCUT2D eigenvalue weighted by Crippen LogP contribution is 2.27. The SMILES string of the molecule is CC1(C#Cc2cccc(-c3csc(NC(=O)CNC(=O)c4ccn(S(C)(=O)=O)c4)n3)c2)COC1. The van der Waals surface area contributed by atoms with Gasteiger partial charge in [-0.25, -0.2) is 13.4 Å². The Morgan fingerprint density at radius 3 is 2.76 bits per heavy atom. The predicted molar refractivity (Wildman–Crippen MR) is 129 cm³/mol. The molecule has 1 fully saturated rings. The number of rotatable bonds is 6. The minimum absolute atomic E-state index is 0.0960. The Balaban J connectivity index is 1.34. The molecule has 1 aliphatic rings. The maximum absolute atomic E-state index is 12.2. The largest absolute Gasteiger partial charge is 0.378 e. The number of thiazole rings is 1. The van der Waals surface area contributed by atoms with Gasteiger partial charge in [0.05, 0.1) is 42.7 Å². The van der Waals surface area contributed by atoms with Crippen LogP contribution in [0.1, 0.15) is 22.8 Å². The molecule has 0 radical (unpaired) electrons. The van der Waals surface area contributed by atoms with Gasteiger partial charge in [0.15, 0.2) is 5.13 Å². The van der Waals surface area contributed by atoms with E-state index in [2.05, 4.69) is 34.4 Å². The van der Waals surface area contributed by atoms with Crippen LogP contribution in [0.4, 0.5) is 5.13 Å². The Labute approximate surface area is 201 Å². The highest BCUT2D eigenvalue weighted by atomic mass is 32.2. The molecular formula is C23H22N4O5S2. The number of carbonyl (C=O) groups excluding carboxylic acids is 2. The summed E-state index contributed by atoms with van der Waals surface area (Å²) < 4.78 is 29.2. The van der Waals surface area contributed by atoms with Gasteiger partial charge in [0.1, 0.15) is 0 Å². The lowest BCUT2D eigenvalue weighted by molar-refractivity contribution is -0.115. The first kappa shape index (κ1) is 23.7. The molecule has 0 aliphatic carbocycles. The van der Waals surface area contributed by atoms with Crippen molar-refractivity contribution in [1.29, 1.82) is 0 Å². The summed E-state index contributed by atoms with van der Waals surface area (Å²) in [7, 11) is -3.48. The van der Waals surface area contributed by atoms with E-state index in [4.69, 9.17) is 4.74 Å². The molecule has 0 saturated carbocycles. The molecule has 1 saturated heterocycles. The molecule has 9 nitrogen and oxygen atoms in total. The third-order valence-corrected chi connectivity index (χ3v) is 6.73. The zero-order valence-electron chi connectivity index (χ0n) is 18.5. The number of hydrogen-bond acceptors (Lipinski definition) is 7. The van der Waals surface area contributed by atoms with Gasteiger partial charge in [-0.1, -0.05) is 24.0 Å². The van der Waals surface area contributed by atoms with E-state index in [0.717, 1.165) is 21.4 Å². The summed E-state index contributed by atoms with van der Waals surface area (Å²) in [5.41, 5.74) is 2.49. The zero-order chi connectivity index (χ0) is 24.3. The maximum atomic E-state index is 12.2. The van der Waals surface area contributed by atoms with Crippen molar-refractivity contribution < 1.29 is 22.7 Å². The van der Waals surface area contributed by atoms with E-state index in [1.54, 1.807) is 0 Å². The molecule has 176 valence electrons. The fourth-order valence-electron chi connectivity index (χ4n) is 3.07. The van der Waals surface area contributed by atoms with Gasteiger partial charge in [0, 0.05) is 28.9 Å².